The van der Waals surface area contributed by atoms with Gasteiger partial charge in [0.05, 0.1) is 10.9 Å². The molecule has 1 aromatic heterocycles. The number of aromatic nitrogens is 2. The number of rotatable bonds is 3. The monoisotopic (exact) mass is 388 g/mol. The Labute approximate surface area is 151 Å². The largest absolute Gasteiger partial charge is 0.337 e. The molecule has 0 amide bonds. The lowest BCUT2D eigenvalue weighted by Crippen LogP contribution is -2.49. The van der Waals surface area contributed by atoms with Crippen LogP contribution in [0, 0.1) is 6.92 Å². The Balaban J connectivity index is 2.05. The zero-order valence-corrected chi connectivity index (χ0v) is 15.7. The molecule has 1 atom stereocenters. The fourth-order valence-electron chi connectivity index (χ4n) is 2.80. The second kappa shape index (κ2) is 6.65. The van der Waals surface area contributed by atoms with E-state index in [-0.39, 0.29) is 10.9 Å². The van der Waals surface area contributed by atoms with Gasteiger partial charge in [-0.25, -0.2) is 13.4 Å². The van der Waals surface area contributed by atoms with Gasteiger partial charge in [0.15, 0.2) is 0 Å². The maximum Gasteiger partial charge on any atom is 0.243 e. The summed E-state index contributed by atoms with van der Waals surface area (Å²) in [7, 11) is -1.90. The van der Waals surface area contributed by atoms with Gasteiger partial charge < -0.3 is 9.88 Å². The maximum absolute atomic E-state index is 13.2. The molecule has 0 saturated carbocycles. The van der Waals surface area contributed by atoms with Gasteiger partial charge in [0.25, 0.3) is 0 Å². The first-order chi connectivity index (χ1) is 11.3. The number of nitrogens with one attached hydrogen (secondary N) is 1. The summed E-state index contributed by atoms with van der Waals surface area (Å²) in [6.45, 7) is 3.18. The van der Waals surface area contributed by atoms with Crippen molar-refractivity contribution in [2.24, 2.45) is 7.05 Å². The Morgan fingerprint density at radius 2 is 1.96 bits per heavy atom. The van der Waals surface area contributed by atoms with Crippen LogP contribution in [0.3, 0.4) is 0 Å². The average molecular weight is 389 g/mol. The van der Waals surface area contributed by atoms with Crippen LogP contribution < -0.4 is 5.32 Å². The van der Waals surface area contributed by atoms with Crippen molar-refractivity contribution in [3.8, 4) is 0 Å². The summed E-state index contributed by atoms with van der Waals surface area (Å²) in [6, 6.07) is 2.52. The van der Waals surface area contributed by atoms with E-state index < -0.39 is 10.0 Å². The summed E-state index contributed by atoms with van der Waals surface area (Å²) < 4.78 is 29.6. The Hall–Kier alpha value is -1.12. The first kappa shape index (κ1) is 17.7. The van der Waals surface area contributed by atoms with Crippen LogP contribution in [0.2, 0.25) is 10.0 Å². The van der Waals surface area contributed by atoms with Crippen molar-refractivity contribution in [2.45, 2.75) is 17.9 Å². The standard InChI is InChI=1S/C15H18Cl2N4O2S/c1-10-12(16)7-11(8-13(10)17)24(22,23)21-6-3-18-9-14(21)15-19-4-5-20(15)2/h4-5,7-8,14,18H,3,6,9H2,1-2H3. The molecule has 0 aliphatic carbocycles. The van der Waals surface area contributed by atoms with Crippen molar-refractivity contribution in [3.05, 3.63) is 46.0 Å². The Kier molecular flexibility index (Phi) is 4.90. The van der Waals surface area contributed by atoms with Crippen LogP contribution in [-0.4, -0.2) is 41.9 Å². The summed E-state index contributed by atoms with van der Waals surface area (Å²) >= 11 is 12.3. The van der Waals surface area contributed by atoms with Crippen molar-refractivity contribution in [2.75, 3.05) is 19.6 Å². The van der Waals surface area contributed by atoms with E-state index in [4.69, 9.17) is 23.2 Å². The topological polar surface area (TPSA) is 67.2 Å². The number of imidazole rings is 1. The fraction of sp³-hybridized carbons (Fsp3) is 0.400. The van der Waals surface area contributed by atoms with Gasteiger partial charge in [-0.15, -0.1) is 0 Å². The third-order valence-electron chi connectivity index (χ3n) is 4.21. The number of halogens is 2. The molecule has 24 heavy (non-hydrogen) atoms. The second-order valence-corrected chi connectivity index (χ2v) is 8.45. The molecule has 1 aliphatic rings. The summed E-state index contributed by atoms with van der Waals surface area (Å²) in [5.74, 6) is 0.690. The summed E-state index contributed by atoms with van der Waals surface area (Å²) in [5.41, 5.74) is 0.665. The third-order valence-corrected chi connectivity index (χ3v) is 6.88. The molecule has 0 radical (unpaired) electrons. The van der Waals surface area contributed by atoms with Crippen LogP contribution in [0.1, 0.15) is 17.4 Å². The number of sulfonamides is 1. The number of piperazine rings is 1. The Morgan fingerprint density at radius 3 is 2.54 bits per heavy atom. The van der Waals surface area contributed by atoms with E-state index >= 15 is 0 Å². The molecule has 1 aromatic carbocycles. The number of hydrogen-bond acceptors (Lipinski definition) is 4. The molecule has 1 aliphatic heterocycles. The average Bonchev–Trinajstić information content (AvgIpc) is 2.98. The van der Waals surface area contributed by atoms with Gasteiger partial charge in [-0.1, -0.05) is 23.2 Å². The molecule has 1 fully saturated rings. The molecule has 9 heteroatoms. The molecule has 3 rings (SSSR count). The van der Waals surface area contributed by atoms with Crippen LogP contribution in [0.15, 0.2) is 29.4 Å². The first-order valence-electron chi connectivity index (χ1n) is 7.48. The Morgan fingerprint density at radius 1 is 1.29 bits per heavy atom. The highest BCUT2D eigenvalue weighted by atomic mass is 35.5. The fourth-order valence-corrected chi connectivity index (χ4v) is 5.05. The van der Waals surface area contributed by atoms with Gasteiger partial charge in [-0.3, -0.25) is 0 Å². The maximum atomic E-state index is 13.2. The number of hydrogen-bond donors (Lipinski definition) is 1. The molecule has 1 unspecified atom stereocenters. The van der Waals surface area contributed by atoms with E-state index in [1.807, 2.05) is 11.6 Å². The van der Waals surface area contributed by atoms with E-state index in [1.54, 1.807) is 19.3 Å². The van der Waals surface area contributed by atoms with Gasteiger partial charge >= 0.3 is 0 Å². The highest BCUT2D eigenvalue weighted by molar-refractivity contribution is 7.89. The van der Waals surface area contributed by atoms with Gasteiger partial charge in [-0.05, 0) is 24.6 Å². The molecular weight excluding hydrogens is 371 g/mol. The molecule has 2 aromatic rings. The van der Waals surface area contributed by atoms with Gasteiger partial charge in [0.2, 0.25) is 10.0 Å². The van der Waals surface area contributed by atoms with Crippen molar-refractivity contribution in [3.63, 3.8) is 0 Å². The van der Waals surface area contributed by atoms with Crippen LogP contribution in [0.4, 0.5) is 0 Å². The van der Waals surface area contributed by atoms with E-state index in [0.717, 1.165) is 0 Å². The summed E-state index contributed by atoms with van der Waals surface area (Å²) in [4.78, 5) is 4.41. The molecule has 1 N–H and O–H groups in total. The van der Waals surface area contributed by atoms with Crippen molar-refractivity contribution < 1.29 is 8.42 Å². The molecule has 130 valence electrons. The summed E-state index contributed by atoms with van der Waals surface area (Å²) in [6.07, 6.45) is 3.46. The SMILES string of the molecule is Cc1c(Cl)cc(S(=O)(=O)N2CCNCC2c2nccn2C)cc1Cl. The zero-order valence-electron chi connectivity index (χ0n) is 13.3. The van der Waals surface area contributed by atoms with Crippen LogP contribution >= 0.6 is 23.2 Å². The smallest absolute Gasteiger partial charge is 0.243 e. The molecule has 0 spiro atoms. The number of benzene rings is 1. The van der Waals surface area contributed by atoms with Gasteiger partial charge in [0, 0.05) is 49.1 Å². The van der Waals surface area contributed by atoms with E-state index in [2.05, 4.69) is 10.3 Å². The minimum absolute atomic E-state index is 0.101. The van der Waals surface area contributed by atoms with E-state index in [1.165, 1.54) is 16.4 Å². The predicted octanol–water partition coefficient (Wildman–Crippen LogP) is 2.37. The van der Waals surface area contributed by atoms with Crippen LogP contribution in [0.25, 0.3) is 0 Å². The van der Waals surface area contributed by atoms with Crippen molar-refractivity contribution in [1.82, 2.24) is 19.2 Å². The van der Waals surface area contributed by atoms with E-state index in [9.17, 15) is 8.42 Å². The first-order valence-corrected chi connectivity index (χ1v) is 9.67. The molecule has 0 bridgehead atoms. The lowest BCUT2D eigenvalue weighted by molar-refractivity contribution is 0.258. The minimum Gasteiger partial charge on any atom is -0.337 e. The predicted molar refractivity (Wildman–Crippen MR) is 93.9 cm³/mol. The van der Waals surface area contributed by atoms with Crippen molar-refractivity contribution >= 4 is 33.2 Å². The highest BCUT2D eigenvalue weighted by Gasteiger charge is 2.36. The van der Waals surface area contributed by atoms with Crippen LogP contribution in [-0.2, 0) is 17.1 Å². The molecule has 6 nitrogen and oxygen atoms in total. The molecule has 2 heterocycles. The zero-order chi connectivity index (χ0) is 17.5. The summed E-state index contributed by atoms with van der Waals surface area (Å²) in [5, 5.41) is 3.90. The Bertz CT molecular complexity index is 843. The second-order valence-electron chi connectivity index (χ2n) is 5.74. The molecule has 1 saturated heterocycles. The third kappa shape index (κ3) is 3.07. The van der Waals surface area contributed by atoms with E-state index in [0.29, 0.717) is 41.1 Å². The quantitative estimate of drug-likeness (QED) is 0.876. The highest BCUT2D eigenvalue weighted by Crippen LogP contribution is 2.32. The number of nitrogens with zero attached hydrogens (tertiary/aromatic N) is 3. The van der Waals surface area contributed by atoms with Crippen LogP contribution in [0.5, 0.6) is 0 Å². The van der Waals surface area contributed by atoms with Crippen molar-refractivity contribution in [1.29, 1.82) is 0 Å². The molecular formula is C15H18Cl2N4O2S. The number of aryl methyl sites for hydroxylation is 1. The lowest BCUT2D eigenvalue weighted by Gasteiger charge is -2.34. The normalized spacial score (nSPS) is 19.6. The lowest BCUT2D eigenvalue weighted by atomic mass is 10.2. The van der Waals surface area contributed by atoms with Gasteiger partial charge in [0.1, 0.15) is 5.82 Å². The minimum atomic E-state index is -3.74. The van der Waals surface area contributed by atoms with Gasteiger partial charge in [-0.2, -0.15) is 4.31 Å².